The number of amides is 1. The standard InChI is InChI=1S/C15H10ClN3O3S/c16-14-8-10(4-7-18-14)15(20)19-23(21,22)13-3-1-2-11-9-17-6-5-12(11)13/h1-9H,(H,19,20). The molecule has 3 rings (SSSR count). The minimum absolute atomic E-state index is 0.00547. The van der Waals surface area contributed by atoms with E-state index in [0.29, 0.717) is 10.8 Å². The molecule has 1 aromatic carbocycles. The summed E-state index contributed by atoms with van der Waals surface area (Å²) in [7, 11) is -4.04. The van der Waals surface area contributed by atoms with Crippen LogP contribution >= 0.6 is 11.6 Å². The van der Waals surface area contributed by atoms with Gasteiger partial charge in [-0.3, -0.25) is 9.78 Å². The van der Waals surface area contributed by atoms with Gasteiger partial charge in [-0.25, -0.2) is 18.1 Å². The maximum absolute atomic E-state index is 12.5. The molecule has 0 aliphatic rings. The number of nitrogens with zero attached hydrogens (tertiary/aromatic N) is 2. The number of fused-ring (bicyclic) bond motifs is 1. The molecule has 2 heterocycles. The first-order valence-electron chi connectivity index (χ1n) is 6.49. The largest absolute Gasteiger partial charge is 0.268 e. The summed E-state index contributed by atoms with van der Waals surface area (Å²) >= 11 is 5.71. The van der Waals surface area contributed by atoms with Crippen molar-refractivity contribution in [3.8, 4) is 0 Å². The molecule has 8 heteroatoms. The Bertz CT molecular complexity index is 1000. The van der Waals surface area contributed by atoms with Gasteiger partial charge in [-0.15, -0.1) is 0 Å². The van der Waals surface area contributed by atoms with Crippen LogP contribution in [0.5, 0.6) is 0 Å². The molecule has 23 heavy (non-hydrogen) atoms. The summed E-state index contributed by atoms with van der Waals surface area (Å²) in [4.78, 5) is 19.8. The van der Waals surface area contributed by atoms with E-state index in [4.69, 9.17) is 11.6 Å². The van der Waals surface area contributed by atoms with Gasteiger partial charge in [0.1, 0.15) is 5.15 Å². The molecule has 1 amide bonds. The van der Waals surface area contributed by atoms with E-state index in [9.17, 15) is 13.2 Å². The summed E-state index contributed by atoms with van der Waals surface area (Å²) in [5.41, 5.74) is 0.107. The third kappa shape index (κ3) is 3.15. The van der Waals surface area contributed by atoms with E-state index in [0.717, 1.165) is 0 Å². The van der Waals surface area contributed by atoms with Crippen molar-refractivity contribution < 1.29 is 13.2 Å². The van der Waals surface area contributed by atoms with Crippen LogP contribution in [0.3, 0.4) is 0 Å². The van der Waals surface area contributed by atoms with Crippen molar-refractivity contribution in [1.29, 1.82) is 0 Å². The second-order valence-corrected chi connectivity index (χ2v) is 6.69. The fourth-order valence-electron chi connectivity index (χ4n) is 2.11. The molecule has 2 aromatic heterocycles. The van der Waals surface area contributed by atoms with Gasteiger partial charge in [0, 0.05) is 34.9 Å². The minimum atomic E-state index is -4.04. The number of hydrogen-bond donors (Lipinski definition) is 1. The molecule has 116 valence electrons. The Hall–Kier alpha value is -2.51. The Morgan fingerprint density at radius 3 is 2.74 bits per heavy atom. The Balaban J connectivity index is 2.00. The quantitative estimate of drug-likeness (QED) is 0.735. The fourth-order valence-corrected chi connectivity index (χ4v) is 3.49. The molecule has 0 aliphatic carbocycles. The molecular formula is C15H10ClN3O3S. The van der Waals surface area contributed by atoms with Crippen LogP contribution < -0.4 is 4.72 Å². The lowest BCUT2D eigenvalue weighted by atomic mass is 10.2. The number of carbonyl (C=O) groups is 1. The van der Waals surface area contributed by atoms with E-state index < -0.39 is 15.9 Å². The van der Waals surface area contributed by atoms with Gasteiger partial charge in [0.15, 0.2) is 0 Å². The normalized spacial score (nSPS) is 11.3. The van der Waals surface area contributed by atoms with Crippen molar-refractivity contribution in [1.82, 2.24) is 14.7 Å². The van der Waals surface area contributed by atoms with Crippen LogP contribution in [-0.2, 0) is 10.0 Å². The average Bonchev–Trinajstić information content (AvgIpc) is 2.54. The molecule has 0 saturated carbocycles. The van der Waals surface area contributed by atoms with Crippen LogP contribution in [0, 0.1) is 0 Å². The summed E-state index contributed by atoms with van der Waals surface area (Å²) in [5.74, 6) is -0.777. The van der Waals surface area contributed by atoms with Crippen LogP contribution in [0.25, 0.3) is 10.8 Å². The molecule has 0 spiro atoms. The van der Waals surface area contributed by atoms with Crippen molar-refractivity contribution in [3.63, 3.8) is 0 Å². The van der Waals surface area contributed by atoms with Crippen LogP contribution in [-0.4, -0.2) is 24.3 Å². The van der Waals surface area contributed by atoms with Crippen molar-refractivity contribution in [2.24, 2.45) is 0 Å². The number of pyridine rings is 2. The van der Waals surface area contributed by atoms with E-state index >= 15 is 0 Å². The Morgan fingerprint density at radius 2 is 1.96 bits per heavy atom. The highest BCUT2D eigenvalue weighted by Crippen LogP contribution is 2.22. The van der Waals surface area contributed by atoms with Crippen LogP contribution in [0.15, 0.2) is 59.9 Å². The molecule has 3 aromatic rings. The Kier molecular flexibility index (Phi) is 3.97. The predicted molar refractivity (Wildman–Crippen MR) is 85.6 cm³/mol. The zero-order valence-electron chi connectivity index (χ0n) is 11.6. The number of carbonyl (C=O) groups excluding carboxylic acids is 1. The second-order valence-electron chi connectivity index (χ2n) is 4.65. The Labute approximate surface area is 137 Å². The van der Waals surface area contributed by atoms with Gasteiger partial charge in [0.05, 0.1) is 4.90 Å². The van der Waals surface area contributed by atoms with E-state index in [1.807, 2.05) is 4.72 Å². The maximum Gasteiger partial charge on any atom is 0.265 e. The zero-order chi connectivity index (χ0) is 16.4. The lowest BCUT2D eigenvalue weighted by Gasteiger charge is -2.09. The second kappa shape index (κ2) is 5.94. The van der Waals surface area contributed by atoms with Crippen LogP contribution in [0.1, 0.15) is 10.4 Å². The first kappa shape index (κ1) is 15.4. The van der Waals surface area contributed by atoms with Crippen LogP contribution in [0.4, 0.5) is 0 Å². The topological polar surface area (TPSA) is 89.0 Å². The lowest BCUT2D eigenvalue weighted by molar-refractivity contribution is 0.0981. The Morgan fingerprint density at radius 1 is 1.13 bits per heavy atom. The number of hydrogen-bond acceptors (Lipinski definition) is 5. The predicted octanol–water partition coefficient (Wildman–Crippen LogP) is 2.40. The van der Waals surface area contributed by atoms with E-state index in [1.165, 1.54) is 30.6 Å². The molecule has 0 saturated heterocycles. The number of aromatic nitrogens is 2. The third-order valence-corrected chi connectivity index (χ3v) is 4.74. The van der Waals surface area contributed by atoms with Gasteiger partial charge in [-0.05, 0) is 24.3 Å². The van der Waals surface area contributed by atoms with Crippen molar-refractivity contribution in [3.05, 3.63) is 65.7 Å². The van der Waals surface area contributed by atoms with E-state index in [2.05, 4.69) is 9.97 Å². The van der Waals surface area contributed by atoms with Gasteiger partial charge in [-0.2, -0.15) is 0 Å². The third-order valence-electron chi connectivity index (χ3n) is 3.15. The number of sulfonamides is 1. The summed E-state index contributed by atoms with van der Waals surface area (Å²) in [5, 5.41) is 1.25. The van der Waals surface area contributed by atoms with Crippen LogP contribution in [0.2, 0.25) is 5.15 Å². The number of halogens is 1. The van der Waals surface area contributed by atoms with Gasteiger partial charge < -0.3 is 0 Å². The minimum Gasteiger partial charge on any atom is -0.268 e. The molecular weight excluding hydrogens is 338 g/mol. The molecule has 0 radical (unpaired) electrons. The molecule has 1 N–H and O–H groups in total. The smallest absolute Gasteiger partial charge is 0.265 e. The number of benzene rings is 1. The highest BCUT2D eigenvalue weighted by Gasteiger charge is 2.21. The fraction of sp³-hybridized carbons (Fsp3) is 0. The highest BCUT2D eigenvalue weighted by molar-refractivity contribution is 7.90. The highest BCUT2D eigenvalue weighted by atomic mass is 35.5. The van der Waals surface area contributed by atoms with E-state index in [1.54, 1.807) is 24.4 Å². The molecule has 0 bridgehead atoms. The molecule has 0 aliphatic heterocycles. The molecule has 6 nitrogen and oxygen atoms in total. The van der Waals surface area contributed by atoms with E-state index in [-0.39, 0.29) is 15.6 Å². The van der Waals surface area contributed by atoms with Crippen molar-refractivity contribution in [2.45, 2.75) is 4.90 Å². The summed E-state index contributed by atoms with van der Waals surface area (Å²) in [6.45, 7) is 0. The monoisotopic (exact) mass is 347 g/mol. The maximum atomic E-state index is 12.5. The molecule has 0 fully saturated rings. The lowest BCUT2D eigenvalue weighted by Crippen LogP contribution is -2.30. The SMILES string of the molecule is O=C(NS(=O)(=O)c1cccc2cnccc12)c1ccnc(Cl)c1. The average molecular weight is 348 g/mol. The molecule has 0 atom stereocenters. The number of rotatable bonds is 3. The first-order chi connectivity index (χ1) is 11.0. The summed E-state index contributed by atoms with van der Waals surface area (Å²) in [6, 6.07) is 9.01. The molecule has 0 unspecified atom stereocenters. The summed E-state index contributed by atoms with van der Waals surface area (Å²) < 4.78 is 27.1. The van der Waals surface area contributed by atoms with Crippen molar-refractivity contribution in [2.75, 3.05) is 0 Å². The summed E-state index contributed by atoms with van der Waals surface area (Å²) in [6.07, 6.45) is 4.37. The van der Waals surface area contributed by atoms with Gasteiger partial charge in [0.2, 0.25) is 0 Å². The van der Waals surface area contributed by atoms with Gasteiger partial charge in [-0.1, -0.05) is 23.7 Å². The van der Waals surface area contributed by atoms with Gasteiger partial charge in [0.25, 0.3) is 15.9 Å². The van der Waals surface area contributed by atoms with Crippen molar-refractivity contribution >= 4 is 38.3 Å². The van der Waals surface area contributed by atoms with Gasteiger partial charge >= 0.3 is 0 Å². The first-order valence-corrected chi connectivity index (χ1v) is 8.35. The number of nitrogens with one attached hydrogen (secondary N) is 1. The zero-order valence-corrected chi connectivity index (χ0v) is 13.2.